The van der Waals surface area contributed by atoms with Crippen molar-refractivity contribution >= 4 is 22.7 Å². The molecule has 1 unspecified atom stereocenters. The van der Waals surface area contributed by atoms with Crippen LogP contribution in [0.1, 0.15) is 17.7 Å². The normalized spacial score (nSPS) is 18.8. The van der Waals surface area contributed by atoms with Crippen LogP contribution in [0.25, 0.3) is 10.9 Å². The lowest BCUT2D eigenvalue weighted by Gasteiger charge is -2.13. The number of carbonyl (C=O) groups is 2. The lowest BCUT2D eigenvalue weighted by atomic mass is 10.1. The van der Waals surface area contributed by atoms with E-state index in [0.717, 1.165) is 22.2 Å². The number of fused-ring (bicyclic) bond motifs is 1. The molecule has 0 bridgehead atoms. The van der Waals surface area contributed by atoms with Crippen LogP contribution in [0.3, 0.4) is 0 Å². The first-order valence-electron chi connectivity index (χ1n) is 6.95. The zero-order valence-corrected chi connectivity index (χ0v) is 12.1. The maximum atomic E-state index is 11.9. The molecule has 21 heavy (non-hydrogen) atoms. The highest BCUT2D eigenvalue weighted by Gasteiger charge is 2.35. The number of para-hydroxylation sites is 1. The number of aryl methyl sites for hydroxylation is 1. The van der Waals surface area contributed by atoms with Crippen molar-refractivity contribution < 1.29 is 9.59 Å². The molecule has 108 valence electrons. The van der Waals surface area contributed by atoms with Crippen molar-refractivity contribution in [2.75, 3.05) is 7.05 Å². The third-order valence-electron chi connectivity index (χ3n) is 3.85. The predicted molar refractivity (Wildman–Crippen MR) is 79.5 cm³/mol. The summed E-state index contributed by atoms with van der Waals surface area (Å²) in [4.78, 5) is 29.1. The van der Waals surface area contributed by atoms with Crippen molar-refractivity contribution in [2.45, 2.75) is 25.9 Å². The van der Waals surface area contributed by atoms with Gasteiger partial charge in [0.1, 0.15) is 0 Å². The molecule has 0 radical (unpaired) electrons. The van der Waals surface area contributed by atoms with Crippen molar-refractivity contribution in [2.24, 2.45) is 0 Å². The summed E-state index contributed by atoms with van der Waals surface area (Å²) in [5.74, 6) is -0.289. The number of nitrogens with one attached hydrogen (secondary N) is 1. The minimum atomic E-state index is -0.422. The fourth-order valence-corrected chi connectivity index (χ4v) is 2.69. The van der Waals surface area contributed by atoms with Gasteiger partial charge < -0.3 is 5.32 Å². The maximum absolute atomic E-state index is 11.9. The number of hydrogen-bond donors (Lipinski definition) is 1. The lowest BCUT2D eigenvalue weighted by molar-refractivity contribution is -0.137. The van der Waals surface area contributed by atoms with Crippen LogP contribution in [-0.4, -0.2) is 34.8 Å². The van der Waals surface area contributed by atoms with E-state index >= 15 is 0 Å². The van der Waals surface area contributed by atoms with E-state index in [9.17, 15) is 9.59 Å². The molecule has 0 saturated carbocycles. The average Bonchev–Trinajstić information content (AvgIpc) is 2.72. The van der Waals surface area contributed by atoms with E-state index in [2.05, 4.69) is 10.3 Å². The Balaban J connectivity index is 1.83. The third-order valence-corrected chi connectivity index (χ3v) is 3.85. The Hall–Kier alpha value is -2.27. The Morgan fingerprint density at radius 1 is 1.33 bits per heavy atom. The fraction of sp³-hybridized carbons (Fsp3) is 0.312. The van der Waals surface area contributed by atoms with E-state index in [-0.39, 0.29) is 18.2 Å². The van der Waals surface area contributed by atoms with E-state index in [1.807, 2.05) is 37.3 Å². The van der Waals surface area contributed by atoms with Crippen molar-refractivity contribution in [1.29, 1.82) is 0 Å². The first kappa shape index (κ1) is 13.7. The van der Waals surface area contributed by atoms with Gasteiger partial charge >= 0.3 is 0 Å². The van der Waals surface area contributed by atoms with Crippen LogP contribution < -0.4 is 5.32 Å². The molecule has 1 aromatic carbocycles. The van der Waals surface area contributed by atoms with Crippen LogP contribution in [0, 0.1) is 6.92 Å². The van der Waals surface area contributed by atoms with E-state index in [0.29, 0.717) is 6.54 Å². The third kappa shape index (κ3) is 2.52. The maximum Gasteiger partial charge on any atom is 0.246 e. The Morgan fingerprint density at radius 3 is 2.81 bits per heavy atom. The Morgan fingerprint density at radius 2 is 2.10 bits per heavy atom. The molecule has 0 aliphatic carbocycles. The largest absolute Gasteiger partial charge is 0.301 e. The number of hydrogen-bond acceptors (Lipinski definition) is 4. The zero-order valence-electron chi connectivity index (χ0n) is 12.1. The summed E-state index contributed by atoms with van der Waals surface area (Å²) < 4.78 is 0. The Labute approximate surface area is 123 Å². The topological polar surface area (TPSA) is 62.3 Å². The molecule has 2 heterocycles. The smallest absolute Gasteiger partial charge is 0.246 e. The van der Waals surface area contributed by atoms with E-state index in [1.54, 1.807) is 0 Å². The number of amides is 2. The summed E-state index contributed by atoms with van der Waals surface area (Å²) in [5, 5.41) is 4.26. The number of likely N-dealkylation sites (tertiary alicyclic amines) is 1. The van der Waals surface area contributed by atoms with Gasteiger partial charge in [0.2, 0.25) is 11.8 Å². The molecule has 1 aliphatic heterocycles. The zero-order chi connectivity index (χ0) is 15.0. The second-order valence-electron chi connectivity index (χ2n) is 5.37. The number of carbonyl (C=O) groups excluding carboxylic acids is 2. The molecular formula is C16H17N3O2. The predicted octanol–water partition coefficient (Wildman–Crippen LogP) is 1.39. The molecule has 1 aromatic heterocycles. The molecule has 5 heteroatoms. The summed E-state index contributed by atoms with van der Waals surface area (Å²) in [6.45, 7) is 2.50. The van der Waals surface area contributed by atoms with Crippen molar-refractivity contribution in [3.8, 4) is 0 Å². The molecule has 0 spiro atoms. The Bertz CT molecular complexity index is 727. The first-order valence-corrected chi connectivity index (χ1v) is 6.95. The minimum absolute atomic E-state index is 0.131. The number of likely N-dealkylation sites (N-methyl/N-ethyl adjacent to an activating group) is 1. The molecular weight excluding hydrogens is 266 g/mol. The summed E-state index contributed by atoms with van der Waals surface area (Å²) >= 11 is 0. The summed E-state index contributed by atoms with van der Waals surface area (Å²) in [6.07, 6.45) is 0.233. The van der Waals surface area contributed by atoms with Crippen LogP contribution in [0.4, 0.5) is 0 Å². The SMILES string of the molecule is Cc1cc(CNC2CC(=O)N(C)C2=O)c2ccccc2n1. The van der Waals surface area contributed by atoms with Crippen LogP contribution >= 0.6 is 0 Å². The van der Waals surface area contributed by atoms with Gasteiger partial charge in [0.05, 0.1) is 18.0 Å². The average molecular weight is 283 g/mol. The highest BCUT2D eigenvalue weighted by molar-refractivity contribution is 6.05. The summed E-state index contributed by atoms with van der Waals surface area (Å²) in [6, 6.07) is 9.52. The molecule has 1 aliphatic rings. The molecule has 1 N–H and O–H groups in total. The number of nitrogens with zero attached hydrogens (tertiary/aromatic N) is 2. The van der Waals surface area contributed by atoms with Gasteiger partial charge in [-0.2, -0.15) is 0 Å². The summed E-state index contributed by atoms with van der Waals surface area (Å²) in [7, 11) is 1.53. The van der Waals surface area contributed by atoms with Crippen LogP contribution in [0.2, 0.25) is 0 Å². The monoisotopic (exact) mass is 283 g/mol. The van der Waals surface area contributed by atoms with Gasteiger partial charge in [-0.1, -0.05) is 18.2 Å². The highest BCUT2D eigenvalue weighted by atomic mass is 16.2. The number of aromatic nitrogens is 1. The van der Waals surface area contributed by atoms with Crippen LogP contribution in [0.5, 0.6) is 0 Å². The van der Waals surface area contributed by atoms with E-state index in [1.165, 1.54) is 11.9 Å². The number of pyridine rings is 1. The lowest BCUT2D eigenvalue weighted by Crippen LogP contribution is -2.36. The second kappa shape index (κ2) is 5.26. The minimum Gasteiger partial charge on any atom is -0.301 e. The number of imide groups is 1. The van der Waals surface area contributed by atoms with Crippen molar-refractivity contribution in [1.82, 2.24) is 15.2 Å². The first-order chi connectivity index (χ1) is 10.1. The van der Waals surface area contributed by atoms with Gasteiger partial charge in [-0.25, -0.2) is 0 Å². The van der Waals surface area contributed by atoms with Gasteiger partial charge in [0.15, 0.2) is 0 Å². The van der Waals surface area contributed by atoms with Gasteiger partial charge in [-0.3, -0.25) is 19.5 Å². The van der Waals surface area contributed by atoms with E-state index < -0.39 is 6.04 Å². The molecule has 2 aromatic rings. The highest BCUT2D eigenvalue weighted by Crippen LogP contribution is 2.19. The number of benzene rings is 1. The van der Waals surface area contributed by atoms with Crippen LogP contribution in [0.15, 0.2) is 30.3 Å². The van der Waals surface area contributed by atoms with Gasteiger partial charge in [0, 0.05) is 24.7 Å². The van der Waals surface area contributed by atoms with Gasteiger partial charge in [-0.05, 0) is 24.6 Å². The van der Waals surface area contributed by atoms with Gasteiger partial charge in [-0.15, -0.1) is 0 Å². The summed E-state index contributed by atoms with van der Waals surface area (Å²) in [5.41, 5.74) is 2.98. The number of rotatable bonds is 3. The molecule has 5 nitrogen and oxygen atoms in total. The van der Waals surface area contributed by atoms with E-state index in [4.69, 9.17) is 0 Å². The fourth-order valence-electron chi connectivity index (χ4n) is 2.69. The van der Waals surface area contributed by atoms with Gasteiger partial charge in [0.25, 0.3) is 0 Å². The Kier molecular flexibility index (Phi) is 3.43. The quantitative estimate of drug-likeness (QED) is 0.865. The molecule has 2 amide bonds. The standard InChI is InChI=1S/C16H17N3O2/c1-10-7-11(12-5-3-4-6-13(12)18-10)9-17-14-8-15(20)19(2)16(14)21/h3-7,14,17H,8-9H2,1-2H3. The molecule has 1 saturated heterocycles. The molecule has 1 atom stereocenters. The second-order valence-corrected chi connectivity index (χ2v) is 5.37. The van der Waals surface area contributed by atoms with Crippen LogP contribution in [-0.2, 0) is 16.1 Å². The molecule has 3 rings (SSSR count). The molecule has 1 fully saturated rings. The van der Waals surface area contributed by atoms with Crippen molar-refractivity contribution in [3.05, 3.63) is 41.6 Å². The van der Waals surface area contributed by atoms with Crippen molar-refractivity contribution in [3.63, 3.8) is 0 Å².